The standard InChI is InChI=1S/C21H20N2O3/c1-2-26-19-9-4-3-6-17(19)21(25)22-13-10-11-15-14-7-5-8-16(14)20(24)23-18(15)12-13/h3-4,6,9-12,15H,2,5,7-8H2,1H3,(H,23,24). The highest BCUT2D eigenvalue weighted by molar-refractivity contribution is 6.14. The Labute approximate surface area is 152 Å². The lowest BCUT2D eigenvalue weighted by molar-refractivity contribution is -0.117. The Morgan fingerprint density at radius 3 is 3.00 bits per heavy atom. The average Bonchev–Trinajstić information content (AvgIpc) is 3.13. The molecule has 1 aromatic carbocycles. The van der Waals surface area contributed by atoms with Crippen LogP contribution >= 0.6 is 0 Å². The summed E-state index contributed by atoms with van der Waals surface area (Å²) in [6.07, 6.45) is 8.52. The fraction of sp³-hybridized carbons (Fsp3) is 0.286. The molecule has 132 valence electrons. The Kier molecular flexibility index (Phi) is 4.29. The first-order valence-corrected chi connectivity index (χ1v) is 8.95. The molecule has 2 aliphatic carbocycles. The molecule has 0 fully saturated rings. The molecular weight excluding hydrogens is 328 g/mol. The van der Waals surface area contributed by atoms with E-state index >= 15 is 0 Å². The number of amides is 2. The van der Waals surface area contributed by atoms with Crippen LogP contribution in [0.1, 0.15) is 36.5 Å². The molecule has 5 heteroatoms. The van der Waals surface area contributed by atoms with E-state index in [4.69, 9.17) is 4.74 Å². The second-order valence-corrected chi connectivity index (χ2v) is 6.52. The number of rotatable bonds is 3. The van der Waals surface area contributed by atoms with E-state index in [2.05, 4.69) is 10.3 Å². The molecule has 1 heterocycles. The number of nitrogens with one attached hydrogen (secondary N) is 1. The summed E-state index contributed by atoms with van der Waals surface area (Å²) in [5.41, 5.74) is 3.92. The highest BCUT2D eigenvalue weighted by Gasteiger charge is 2.34. The van der Waals surface area contributed by atoms with Gasteiger partial charge in [-0.3, -0.25) is 9.59 Å². The fourth-order valence-corrected chi connectivity index (χ4v) is 3.76. The van der Waals surface area contributed by atoms with Crippen molar-refractivity contribution in [3.8, 4) is 5.75 Å². The van der Waals surface area contributed by atoms with E-state index in [1.54, 1.807) is 24.3 Å². The lowest BCUT2D eigenvalue weighted by Crippen LogP contribution is -2.35. The summed E-state index contributed by atoms with van der Waals surface area (Å²) in [6.45, 7) is 2.36. The first-order valence-electron chi connectivity index (χ1n) is 8.95. The molecule has 1 atom stereocenters. The zero-order valence-electron chi connectivity index (χ0n) is 14.6. The van der Waals surface area contributed by atoms with E-state index in [9.17, 15) is 9.59 Å². The van der Waals surface area contributed by atoms with Crippen LogP contribution < -0.4 is 10.1 Å². The van der Waals surface area contributed by atoms with E-state index < -0.39 is 0 Å². The Hall–Kier alpha value is -2.95. The number of carbonyl (C=O) groups is 2. The van der Waals surface area contributed by atoms with Gasteiger partial charge in [-0.25, -0.2) is 4.99 Å². The van der Waals surface area contributed by atoms with Crippen molar-refractivity contribution < 1.29 is 14.3 Å². The Bertz CT molecular complexity index is 906. The predicted octanol–water partition coefficient (Wildman–Crippen LogP) is 3.35. The van der Waals surface area contributed by atoms with Crippen LogP contribution in [-0.2, 0) is 4.79 Å². The predicted molar refractivity (Wildman–Crippen MR) is 99.1 cm³/mol. The zero-order valence-corrected chi connectivity index (χ0v) is 14.6. The second-order valence-electron chi connectivity index (χ2n) is 6.52. The van der Waals surface area contributed by atoms with Crippen molar-refractivity contribution in [1.29, 1.82) is 0 Å². The van der Waals surface area contributed by atoms with Gasteiger partial charge < -0.3 is 10.1 Å². The maximum atomic E-state index is 12.6. The molecule has 5 nitrogen and oxygen atoms in total. The maximum Gasteiger partial charge on any atom is 0.281 e. The third-order valence-electron chi connectivity index (χ3n) is 4.91. The van der Waals surface area contributed by atoms with Crippen LogP contribution in [-0.4, -0.2) is 24.1 Å². The van der Waals surface area contributed by atoms with Crippen LogP contribution in [0.3, 0.4) is 0 Å². The molecule has 1 unspecified atom stereocenters. The molecule has 2 amide bonds. The van der Waals surface area contributed by atoms with Crippen molar-refractivity contribution in [2.45, 2.75) is 26.2 Å². The van der Waals surface area contributed by atoms with Crippen molar-refractivity contribution in [3.63, 3.8) is 0 Å². The summed E-state index contributed by atoms with van der Waals surface area (Å²) in [6, 6.07) is 7.08. The van der Waals surface area contributed by atoms with Crippen molar-refractivity contribution in [2.75, 3.05) is 6.61 Å². The molecule has 0 saturated carbocycles. The van der Waals surface area contributed by atoms with Gasteiger partial charge in [0.25, 0.3) is 11.8 Å². The van der Waals surface area contributed by atoms with Gasteiger partial charge in [0.15, 0.2) is 0 Å². The largest absolute Gasteiger partial charge is 0.493 e. The third-order valence-corrected chi connectivity index (χ3v) is 4.91. The van der Waals surface area contributed by atoms with Crippen LogP contribution in [0.4, 0.5) is 0 Å². The van der Waals surface area contributed by atoms with Crippen LogP contribution in [0.5, 0.6) is 5.75 Å². The highest BCUT2D eigenvalue weighted by atomic mass is 16.5. The maximum absolute atomic E-state index is 12.6. The average molecular weight is 348 g/mol. The van der Waals surface area contributed by atoms with Crippen LogP contribution in [0.15, 0.2) is 64.3 Å². The number of para-hydroxylation sites is 1. The Balaban J connectivity index is 1.62. The molecule has 0 bridgehead atoms. The van der Waals surface area contributed by atoms with Crippen LogP contribution in [0.2, 0.25) is 0 Å². The number of hydrogen-bond acceptors (Lipinski definition) is 3. The SMILES string of the molecule is CCOc1ccccc1C(=O)N=C1C=CC2C(=C1)NC(=O)C1=C2CCC1. The number of allylic oxidation sites excluding steroid dienone is 3. The van der Waals surface area contributed by atoms with Crippen LogP contribution in [0, 0.1) is 5.92 Å². The van der Waals surface area contributed by atoms with Gasteiger partial charge >= 0.3 is 0 Å². The van der Waals surface area contributed by atoms with Gasteiger partial charge in [0.1, 0.15) is 5.75 Å². The first-order chi connectivity index (χ1) is 12.7. The fourth-order valence-electron chi connectivity index (χ4n) is 3.76. The molecular formula is C21H20N2O3. The van der Waals surface area contributed by atoms with Crippen LogP contribution in [0.25, 0.3) is 0 Å². The lowest BCUT2D eigenvalue weighted by atomic mass is 9.85. The van der Waals surface area contributed by atoms with Gasteiger partial charge in [-0.2, -0.15) is 0 Å². The van der Waals surface area contributed by atoms with Gasteiger partial charge in [0.05, 0.1) is 17.9 Å². The zero-order chi connectivity index (χ0) is 18.1. The number of carbonyl (C=O) groups excluding carboxylic acids is 2. The second kappa shape index (κ2) is 6.75. The minimum atomic E-state index is -0.355. The van der Waals surface area contributed by atoms with E-state index in [0.29, 0.717) is 23.6 Å². The van der Waals surface area contributed by atoms with E-state index in [1.165, 1.54) is 5.57 Å². The number of fused-ring (bicyclic) bond motifs is 2. The van der Waals surface area contributed by atoms with E-state index in [1.807, 2.05) is 25.1 Å². The molecule has 1 N–H and O–H groups in total. The number of aliphatic imine (C=N–C) groups is 1. The Morgan fingerprint density at radius 2 is 2.15 bits per heavy atom. The minimum Gasteiger partial charge on any atom is -0.493 e. The van der Waals surface area contributed by atoms with Crippen molar-refractivity contribution in [1.82, 2.24) is 5.32 Å². The minimum absolute atomic E-state index is 0.0114. The quantitative estimate of drug-likeness (QED) is 0.911. The summed E-state index contributed by atoms with van der Waals surface area (Å²) in [5.74, 6) is 0.269. The molecule has 1 aliphatic heterocycles. The van der Waals surface area contributed by atoms with E-state index in [0.717, 1.165) is 30.5 Å². The van der Waals surface area contributed by atoms with Gasteiger partial charge in [-0.05, 0) is 56.0 Å². The van der Waals surface area contributed by atoms with Gasteiger partial charge in [-0.15, -0.1) is 0 Å². The van der Waals surface area contributed by atoms with Crippen molar-refractivity contribution in [2.24, 2.45) is 10.9 Å². The smallest absolute Gasteiger partial charge is 0.281 e. The summed E-state index contributed by atoms with van der Waals surface area (Å²) in [4.78, 5) is 29.0. The molecule has 4 rings (SSSR count). The van der Waals surface area contributed by atoms with Gasteiger partial charge in [0, 0.05) is 17.2 Å². The van der Waals surface area contributed by atoms with E-state index in [-0.39, 0.29) is 17.7 Å². The molecule has 0 radical (unpaired) electrons. The lowest BCUT2D eigenvalue weighted by Gasteiger charge is -2.28. The molecule has 0 spiro atoms. The molecule has 0 aromatic heterocycles. The van der Waals surface area contributed by atoms with Gasteiger partial charge in [-0.1, -0.05) is 18.2 Å². The first kappa shape index (κ1) is 16.5. The summed E-state index contributed by atoms with van der Waals surface area (Å²) in [7, 11) is 0. The summed E-state index contributed by atoms with van der Waals surface area (Å²) < 4.78 is 5.51. The number of nitrogens with zero attached hydrogens (tertiary/aromatic N) is 1. The third kappa shape index (κ3) is 2.90. The monoisotopic (exact) mass is 348 g/mol. The Morgan fingerprint density at radius 1 is 1.31 bits per heavy atom. The number of benzene rings is 1. The van der Waals surface area contributed by atoms with Gasteiger partial charge in [0.2, 0.25) is 0 Å². The highest BCUT2D eigenvalue weighted by Crippen LogP contribution is 2.39. The normalized spacial score (nSPS) is 22.7. The summed E-state index contributed by atoms with van der Waals surface area (Å²) >= 11 is 0. The van der Waals surface area contributed by atoms with Crippen molar-refractivity contribution >= 4 is 17.5 Å². The number of ether oxygens (including phenoxy) is 1. The summed E-state index contributed by atoms with van der Waals surface area (Å²) in [5, 5.41) is 2.96. The molecule has 0 saturated heterocycles. The molecule has 3 aliphatic rings. The number of hydrogen-bond donors (Lipinski definition) is 1. The van der Waals surface area contributed by atoms with Crippen molar-refractivity contribution in [3.05, 3.63) is 64.9 Å². The topological polar surface area (TPSA) is 67.8 Å². The molecule has 26 heavy (non-hydrogen) atoms. The molecule has 1 aromatic rings.